The molecule has 3 N–H and O–H groups in total. The Balaban J connectivity index is 2.42. The molecule has 4 heteroatoms. The van der Waals surface area contributed by atoms with Gasteiger partial charge in [0, 0.05) is 22.7 Å². The Morgan fingerprint density at radius 1 is 1.29 bits per heavy atom. The minimum Gasteiger partial charge on any atom is -0.324 e. The Bertz CT molecular complexity index is 776. The van der Waals surface area contributed by atoms with E-state index < -0.39 is 0 Å². The van der Waals surface area contributed by atoms with E-state index in [2.05, 4.69) is 29.3 Å². The highest BCUT2D eigenvalue weighted by atomic mass is 35.5. The predicted octanol–water partition coefficient (Wildman–Crippen LogP) is 4.47. The Morgan fingerprint density at radius 2 is 2.00 bits per heavy atom. The van der Waals surface area contributed by atoms with Crippen molar-refractivity contribution in [3.8, 4) is 11.1 Å². The third-order valence-electron chi connectivity index (χ3n) is 3.79. The molecular weight excluding hydrogens is 282 g/mol. The van der Waals surface area contributed by atoms with Gasteiger partial charge in [0.05, 0.1) is 5.02 Å². The van der Waals surface area contributed by atoms with E-state index in [1.807, 2.05) is 31.2 Å². The lowest BCUT2D eigenvalue weighted by Crippen LogP contribution is -2.07. The number of nitrogens with two attached hydrogens (primary N) is 1. The van der Waals surface area contributed by atoms with Crippen molar-refractivity contribution >= 4 is 22.5 Å². The summed E-state index contributed by atoms with van der Waals surface area (Å²) in [5.41, 5.74) is 11.3. The van der Waals surface area contributed by atoms with Gasteiger partial charge >= 0.3 is 0 Å². The summed E-state index contributed by atoms with van der Waals surface area (Å²) < 4.78 is 0. The smallest absolute Gasteiger partial charge is 0.102 e. The van der Waals surface area contributed by atoms with Gasteiger partial charge in [0.2, 0.25) is 0 Å². The molecule has 3 nitrogen and oxygen atoms in total. The maximum absolute atomic E-state index is 6.48. The van der Waals surface area contributed by atoms with Crippen LogP contribution in [0.2, 0.25) is 5.02 Å². The molecule has 2 aromatic carbocycles. The van der Waals surface area contributed by atoms with Crippen LogP contribution in [0.3, 0.4) is 0 Å². The normalized spacial score (nSPS) is 12.8. The molecule has 1 aromatic heterocycles. The summed E-state index contributed by atoms with van der Waals surface area (Å²) in [7, 11) is 0. The van der Waals surface area contributed by atoms with E-state index in [0.717, 1.165) is 39.7 Å². The van der Waals surface area contributed by atoms with E-state index >= 15 is 0 Å². The van der Waals surface area contributed by atoms with Crippen molar-refractivity contribution in [2.24, 2.45) is 5.73 Å². The molecule has 108 valence electrons. The van der Waals surface area contributed by atoms with Crippen LogP contribution in [0.5, 0.6) is 0 Å². The zero-order valence-corrected chi connectivity index (χ0v) is 12.9. The molecule has 3 aromatic rings. The predicted molar refractivity (Wildman–Crippen MR) is 88.5 cm³/mol. The van der Waals surface area contributed by atoms with E-state index in [0.29, 0.717) is 5.02 Å². The molecule has 1 heterocycles. The van der Waals surface area contributed by atoms with Crippen molar-refractivity contribution in [1.82, 2.24) is 10.2 Å². The summed E-state index contributed by atoms with van der Waals surface area (Å²) in [5, 5.41) is 9.32. The van der Waals surface area contributed by atoms with Gasteiger partial charge in [-0.3, -0.25) is 5.10 Å². The van der Waals surface area contributed by atoms with Gasteiger partial charge in [-0.15, -0.1) is 0 Å². The molecular formula is C17H18ClN3. The number of nitrogens with zero attached hydrogens (tertiary/aromatic N) is 1. The Morgan fingerprint density at radius 3 is 2.62 bits per heavy atom. The highest BCUT2D eigenvalue weighted by Gasteiger charge is 2.19. The van der Waals surface area contributed by atoms with Gasteiger partial charge < -0.3 is 5.73 Å². The zero-order chi connectivity index (χ0) is 15.0. The minimum atomic E-state index is -0.108. The van der Waals surface area contributed by atoms with Gasteiger partial charge in [-0.2, -0.15) is 5.10 Å². The minimum absolute atomic E-state index is 0.108. The zero-order valence-electron chi connectivity index (χ0n) is 12.2. The van der Waals surface area contributed by atoms with E-state index in [9.17, 15) is 0 Å². The molecule has 3 rings (SSSR count). The molecule has 1 atom stereocenters. The fourth-order valence-electron chi connectivity index (χ4n) is 2.76. The molecule has 0 spiro atoms. The van der Waals surface area contributed by atoms with Gasteiger partial charge in [0.1, 0.15) is 5.52 Å². The molecule has 0 aliphatic heterocycles. The van der Waals surface area contributed by atoms with Crippen molar-refractivity contribution in [3.05, 3.63) is 52.7 Å². The number of hydrogen-bond donors (Lipinski definition) is 2. The van der Waals surface area contributed by atoms with Gasteiger partial charge in [-0.25, -0.2) is 0 Å². The monoisotopic (exact) mass is 299 g/mol. The third-order valence-corrected chi connectivity index (χ3v) is 4.09. The molecule has 0 radical (unpaired) electrons. The van der Waals surface area contributed by atoms with Crippen LogP contribution in [0.4, 0.5) is 0 Å². The number of aromatic nitrogens is 2. The maximum Gasteiger partial charge on any atom is 0.102 e. The standard InChI is InChI=1S/C17H18ClN3/c1-3-14-16-13(18)9-12(10(2)19)15(17(16)21-20-14)11-7-5-4-6-8-11/h4-10H,3,19H2,1-2H3,(H,20,21). The van der Waals surface area contributed by atoms with Gasteiger partial charge in [0.15, 0.2) is 0 Å². The summed E-state index contributed by atoms with van der Waals surface area (Å²) in [6.45, 7) is 4.06. The molecule has 1 unspecified atom stereocenters. The quantitative estimate of drug-likeness (QED) is 0.750. The van der Waals surface area contributed by atoms with E-state index in [1.165, 1.54) is 0 Å². The number of fused-ring (bicyclic) bond motifs is 1. The van der Waals surface area contributed by atoms with Crippen LogP contribution in [0.25, 0.3) is 22.0 Å². The van der Waals surface area contributed by atoms with E-state index in [1.54, 1.807) is 0 Å². The number of hydrogen-bond acceptors (Lipinski definition) is 2. The van der Waals surface area contributed by atoms with Gasteiger partial charge in [-0.1, -0.05) is 48.9 Å². The number of aromatic amines is 1. The Hall–Kier alpha value is -1.84. The molecule has 0 aliphatic carbocycles. The Kier molecular flexibility index (Phi) is 3.70. The lowest BCUT2D eigenvalue weighted by molar-refractivity contribution is 0.821. The second-order valence-corrected chi connectivity index (χ2v) is 5.66. The summed E-state index contributed by atoms with van der Waals surface area (Å²) in [6, 6.07) is 12.1. The van der Waals surface area contributed by atoms with Crippen LogP contribution in [-0.4, -0.2) is 10.2 Å². The third kappa shape index (κ3) is 2.33. The van der Waals surface area contributed by atoms with Crippen molar-refractivity contribution in [1.29, 1.82) is 0 Å². The fraction of sp³-hybridized carbons (Fsp3) is 0.235. The first kappa shape index (κ1) is 14.1. The first-order chi connectivity index (χ1) is 10.1. The van der Waals surface area contributed by atoms with E-state index in [4.69, 9.17) is 17.3 Å². The van der Waals surface area contributed by atoms with Gasteiger partial charge in [-0.05, 0) is 30.5 Å². The van der Waals surface area contributed by atoms with Crippen LogP contribution in [0.1, 0.15) is 31.1 Å². The number of nitrogens with one attached hydrogen (secondary N) is 1. The second-order valence-electron chi connectivity index (χ2n) is 5.26. The molecule has 0 saturated carbocycles. The molecule has 0 fully saturated rings. The SMILES string of the molecule is CCc1[nH]nc2c(-c3ccccc3)c(C(C)N)cc(Cl)c12. The van der Waals surface area contributed by atoms with Gasteiger partial charge in [0.25, 0.3) is 0 Å². The number of H-pyrrole nitrogens is 1. The van der Waals surface area contributed by atoms with Crippen LogP contribution in [0, 0.1) is 0 Å². The summed E-state index contributed by atoms with van der Waals surface area (Å²) in [4.78, 5) is 0. The molecule has 0 amide bonds. The molecule has 0 aliphatic rings. The average Bonchev–Trinajstić information content (AvgIpc) is 2.92. The van der Waals surface area contributed by atoms with Crippen molar-refractivity contribution in [3.63, 3.8) is 0 Å². The largest absolute Gasteiger partial charge is 0.324 e. The van der Waals surface area contributed by atoms with Crippen molar-refractivity contribution < 1.29 is 0 Å². The summed E-state index contributed by atoms with van der Waals surface area (Å²) in [6.07, 6.45) is 0.863. The number of rotatable bonds is 3. The highest BCUT2D eigenvalue weighted by molar-refractivity contribution is 6.36. The molecule has 21 heavy (non-hydrogen) atoms. The number of aryl methyl sites for hydroxylation is 1. The first-order valence-electron chi connectivity index (χ1n) is 7.13. The lowest BCUT2D eigenvalue weighted by Gasteiger charge is -2.15. The Labute approximate surface area is 129 Å². The van der Waals surface area contributed by atoms with Crippen LogP contribution in [0.15, 0.2) is 36.4 Å². The number of benzene rings is 2. The average molecular weight is 300 g/mol. The summed E-state index contributed by atoms with van der Waals surface area (Å²) >= 11 is 6.48. The van der Waals surface area contributed by atoms with Crippen LogP contribution in [-0.2, 0) is 6.42 Å². The van der Waals surface area contributed by atoms with Crippen LogP contribution < -0.4 is 5.73 Å². The first-order valence-corrected chi connectivity index (χ1v) is 7.51. The fourth-order valence-corrected chi connectivity index (χ4v) is 3.08. The maximum atomic E-state index is 6.48. The van der Waals surface area contributed by atoms with Crippen molar-refractivity contribution in [2.75, 3.05) is 0 Å². The molecule has 0 bridgehead atoms. The highest BCUT2D eigenvalue weighted by Crippen LogP contribution is 2.38. The summed E-state index contributed by atoms with van der Waals surface area (Å²) in [5.74, 6) is 0. The molecule has 0 saturated heterocycles. The second kappa shape index (κ2) is 5.51. The topological polar surface area (TPSA) is 54.7 Å². The van der Waals surface area contributed by atoms with Crippen molar-refractivity contribution in [2.45, 2.75) is 26.3 Å². The number of halogens is 1. The lowest BCUT2D eigenvalue weighted by atomic mass is 9.93. The van der Waals surface area contributed by atoms with E-state index in [-0.39, 0.29) is 6.04 Å². The van der Waals surface area contributed by atoms with Crippen LogP contribution >= 0.6 is 11.6 Å².